The number of benzene rings is 1. The Kier molecular flexibility index (Phi) is 5.65. The number of thiazole rings is 1. The molecule has 13 heteroatoms. The highest BCUT2D eigenvalue weighted by Crippen LogP contribution is 2.36. The van der Waals surface area contributed by atoms with Crippen LogP contribution in [0.3, 0.4) is 0 Å². The highest BCUT2D eigenvalue weighted by atomic mass is 35.5. The lowest BCUT2D eigenvalue weighted by Crippen LogP contribution is -2.19. The van der Waals surface area contributed by atoms with Crippen LogP contribution < -0.4 is 10.1 Å². The number of carboxylic acids is 1. The number of aromatic nitrogens is 2. The Morgan fingerprint density at radius 3 is 2.55 bits per heavy atom. The molecule has 0 spiro atoms. The van der Waals surface area contributed by atoms with Gasteiger partial charge in [0.25, 0.3) is 5.91 Å². The number of amides is 1. The molecule has 0 aliphatic carbocycles. The molecule has 3 N–H and O–H groups in total. The Bertz CT molecular complexity index is 1130. The molecule has 0 atom stereocenters. The second-order valence-electron chi connectivity index (χ2n) is 5.76. The molecule has 7 nitrogen and oxygen atoms in total. The van der Waals surface area contributed by atoms with E-state index in [1.807, 2.05) is 0 Å². The van der Waals surface area contributed by atoms with Crippen molar-refractivity contribution in [2.45, 2.75) is 13.1 Å². The molecule has 0 fully saturated rings. The number of ether oxygens (including phenoxy) is 1. The fraction of sp³-hybridized carbons (Fsp3) is 0.188. The number of rotatable bonds is 5. The number of halogens is 5. The number of carboxylic acid groups (broad SMARTS) is 1. The van der Waals surface area contributed by atoms with Crippen molar-refractivity contribution >= 4 is 61.8 Å². The first-order chi connectivity index (χ1) is 13.5. The Labute approximate surface area is 174 Å². The minimum absolute atomic E-state index is 0.00356. The summed E-state index contributed by atoms with van der Waals surface area (Å²) < 4.78 is 42.4. The maximum Gasteiger partial charge on any atom is 0.422 e. The number of aromatic amines is 1. The van der Waals surface area contributed by atoms with E-state index in [4.69, 9.17) is 33.0 Å². The van der Waals surface area contributed by atoms with Crippen molar-refractivity contribution in [2.24, 2.45) is 0 Å². The fourth-order valence-electron chi connectivity index (χ4n) is 2.33. The molecule has 0 radical (unpaired) electrons. The van der Waals surface area contributed by atoms with E-state index < -0.39 is 24.7 Å². The van der Waals surface area contributed by atoms with Crippen LogP contribution in [0.25, 0.3) is 10.2 Å². The summed E-state index contributed by atoms with van der Waals surface area (Å²) in [4.78, 5) is 30.4. The molecule has 3 aromatic rings. The number of alkyl halides is 3. The van der Waals surface area contributed by atoms with E-state index in [1.165, 1.54) is 6.07 Å². The van der Waals surface area contributed by atoms with Crippen LogP contribution in [0, 0.1) is 6.92 Å². The maximum atomic E-state index is 12.5. The number of hydrogen-bond acceptors (Lipinski definition) is 5. The van der Waals surface area contributed by atoms with Gasteiger partial charge in [-0.1, -0.05) is 34.5 Å². The Hall–Kier alpha value is -2.50. The number of nitrogens with one attached hydrogen (secondary N) is 2. The number of anilines is 1. The summed E-state index contributed by atoms with van der Waals surface area (Å²) >= 11 is 12.8. The second-order valence-corrected chi connectivity index (χ2v) is 7.54. The average Bonchev–Trinajstić information content (AvgIpc) is 3.14. The van der Waals surface area contributed by atoms with Gasteiger partial charge in [0.1, 0.15) is 17.0 Å². The topological polar surface area (TPSA) is 104 Å². The van der Waals surface area contributed by atoms with Gasteiger partial charge in [0.15, 0.2) is 11.7 Å². The third kappa shape index (κ3) is 4.57. The van der Waals surface area contributed by atoms with Crippen molar-refractivity contribution in [3.8, 4) is 5.75 Å². The summed E-state index contributed by atoms with van der Waals surface area (Å²) in [5.74, 6) is -2.41. The molecule has 2 heterocycles. The minimum Gasteiger partial charge on any atom is -0.482 e. The molecule has 0 saturated carbocycles. The van der Waals surface area contributed by atoms with Gasteiger partial charge in [-0.15, -0.1) is 0 Å². The number of fused-ring (bicyclic) bond motifs is 1. The van der Waals surface area contributed by atoms with Crippen molar-refractivity contribution in [1.29, 1.82) is 0 Å². The van der Waals surface area contributed by atoms with Crippen molar-refractivity contribution < 1.29 is 32.6 Å². The van der Waals surface area contributed by atoms with E-state index in [2.05, 4.69) is 15.3 Å². The van der Waals surface area contributed by atoms with Crippen LogP contribution in [0.5, 0.6) is 5.75 Å². The predicted molar refractivity (Wildman–Crippen MR) is 102 cm³/mol. The lowest BCUT2D eigenvalue weighted by atomic mass is 10.2. The van der Waals surface area contributed by atoms with E-state index in [0.717, 1.165) is 17.4 Å². The largest absolute Gasteiger partial charge is 0.482 e. The predicted octanol–water partition coefficient (Wildman–Crippen LogP) is 5.13. The van der Waals surface area contributed by atoms with Crippen molar-refractivity contribution in [2.75, 3.05) is 11.9 Å². The maximum absolute atomic E-state index is 12.5. The standard InChI is InChI=1S/C16H10Cl2F3N3O4S/c1-5-9(17)10(18)12(22-5)13(25)24-15-23-11-7(28-4-16(19,20)21)2-6(14(26)27)3-8(11)29-15/h2-3,22H,4H2,1H3,(H,26,27)(H,23,24,25). The van der Waals surface area contributed by atoms with Crippen LogP contribution in [0.1, 0.15) is 26.5 Å². The first kappa shape index (κ1) is 21.2. The van der Waals surface area contributed by atoms with Crippen molar-refractivity contribution in [3.63, 3.8) is 0 Å². The highest BCUT2D eigenvalue weighted by molar-refractivity contribution is 7.22. The van der Waals surface area contributed by atoms with Crippen molar-refractivity contribution in [3.05, 3.63) is 39.1 Å². The molecule has 154 valence electrons. The molecule has 0 unspecified atom stereocenters. The fourth-order valence-corrected chi connectivity index (χ4v) is 3.67. The quantitative estimate of drug-likeness (QED) is 0.482. The van der Waals surface area contributed by atoms with Crippen molar-refractivity contribution in [1.82, 2.24) is 9.97 Å². The van der Waals surface area contributed by atoms with Crippen LogP contribution >= 0.6 is 34.5 Å². The van der Waals surface area contributed by atoms with Crippen LogP contribution in [0.2, 0.25) is 10.0 Å². The van der Waals surface area contributed by atoms with Crippen LogP contribution in [0.15, 0.2) is 12.1 Å². The van der Waals surface area contributed by atoms with Gasteiger partial charge in [-0.3, -0.25) is 10.1 Å². The summed E-state index contributed by atoms with van der Waals surface area (Å²) in [5.41, 5.74) is 0.144. The number of hydrogen-bond donors (Lipinski definition) is 3. The van der Waals surface area contributed by atoms with Gasteiger partial charge in [0, 0.05) is 5.69 Å². The van der Waals surface area contributed by atoms with Gasteiger partial charge in [0.2, 0.25) is 0 Å². The van der Waals surface area contributed by atoms with Gasteiger partial charge in [-0.05, 0) is 19.1 Å². The molecule has 0 aliphatic rings. The second kappa shape index (κ2) is 7.73. The first-order valence-electron chi connectivity index (χ1n) is 7.68. The SMILES string of the molecule is Cc1[nH]c(C(=O)Nc2nc3c(OCC(F)(F)F)cc(C(=O)O)cc3s2)c(Cl)c1Cl. The van der Waals surface area contributed by atoms with Gasteiger partial charge in [-0.25, -0.2) is 9.78 Å². The monoisotopic (exact) mass is 467 g/mol. The molecule has 29 heavy (non-hydrogen) atoms. The lowest BCUT2D eigenvalue weighted by molar-refractivity contribution is -0.153. The Balaban J connectivity index is 1.96. The number of aryl methyl sites for hydroxylation is 1. The van der Waals surface area contributed by atoms with E-state index in [0.29, 0.717) is 5.69 Å². The zero-order valence-electron chi connectivity index (χ0n) is 14.3. The van der Waals surface area contributed by atoms with Gasteiger partial charge >= 0.3 is 12.1 Å². The van der Waals surface area contributed by atoms with Gasteiger partial charge < -0.3 is 14.8 Å². The molecular formula is C16H10Cl2F3N3O4S. The normalized spacial score (nSPS) is 11.7. The number of aromatic carboxylic acids is 1. The number of carbonyl (C=O) groups excluding carboxylic acids is 1. The zero-order valence-corrected chi connectivity index (χ0v) is 16.6. The summed E-state index contributed by atoms with van der Waals surface area (Å²) in [5, 5.41) is 11.8. The average molecular weight is 468 g/mol. The van der Waals surface area contributed by atoms with E-state index in [9.17, 15) is 22.8 Å². The Morgan fingerprint density at radius 1 is 1.31 bits per heavy atom. The first-order valence-corrected chi connectivity index (χ1v) is 9.26. The minimum atomic E-state index is -4.62. The smallest absolute Gasteiger partial charge is 0.422 e. The lowest BCUT2D eigenvalue weighted by Gasteiger charge is -2.10. The van der Waals surface area contributed by atoms with Crippen LogP contribution in [-0.2, 0) is 0 Å². The summed E-state index contributed by atoms with van der Waals surface area (Å²) in [6.07, 6.45) is -4.62. The summed E-state index contributed by atoms with van der Waals surface area (Å²) in [7, 11) is 0. The molecule has 1 amide bonds. The number of nitrogens with zero attached hydrogens (tertiary/aromatic N) is 1. The third-order valence-electron chi connectivity index (χ3n) is 3.60. The van der Waals surface area contributed by atoms with E-state index in [-0.39, 0.29) is 42.4 Å². The molecule has 3 rings (SSSR count). The molecule has 0 aliphatic heterocycles. The van der Waals surface area contributed by atoms with Gasteiger partial charge in [-0.2, -0.15) is 13.2 Å². The zero-order chi connectivity index (χ0) is 21.5. The number of carbonyl (C=O) groups is 2. The molecular weight excluding hydrogens is 458 g/mol. The highest BCUT2D eigenvalue weighted by Gasteiger charge is 2.29. The number of H-pyrrole nitrogens is 1. The van der Waals surface area contributed by atoms with Gasteiger partial charge in [0.05, 0.1) is 20.3 Å². The van der Waals surface area contributed by atoms with E-state index >= 15 is 0 Å². The van der Waals surface area contributed by atoms with Crippen LogP contribution in [0.4, 0.5) is 18.3 Å². The Morgan fingerprint density at radius 2 is 2.00 bits per heavy atom. The summed E-state index contributed by atoms with van der Waals surface area (Å²) in [6.45, 7) is -0.0133. The van der Waals surface area contributed by atoms with E-state index in [1.54, 1.807) is 6.92 Å². The molecule has 2 aromatic heterocycles. The molecule has 0 saturated heterocycles. The summed E-state index contributed by atoms with van der Waals surface area (Å²) in [6, 6.07) is 2.15. The third-order valence-corrected chi connectivity index (χ3v) is 5.46. The molecule has 1 aromatic carbocycles. The van der Waals surface area contributed by atoms with Crippen LogP contribution in [-0.4, -0.2) is 39.7 Å². The molecule has 0 bridgehead atoms.